The fourth-order valence-electron chi connectivity index (χ4n) is 3.81. The number of carbonyl (C=O) groups excluding carboxylic acids is 2. The summed E-state index contributed by atoms with van der Waals surface area (Å²) in [6, 6.07) is 15.0. The van der Waals surface area contributed by atoms with Crippen LogP contribution in [0.3, 0.4) is 0 Å². The fourth-order valence-corrected chi connectivity index (χ4v) is 3.81. The van der Waals surface area contributed by atoms with Crippen LogP contribution in [0.5, 0.6) is 0 Å². The second-order valence-electron chi connectivity index (χ2n) is 7.47. The average molecular weight is 429 g/mol. The molecule has 4 rings (SSSR count). The van der Waals surface area contributed by atoms with E-state index in [0.717, 1.165) is 5.56 Å². The van der Waals surface area contributed by atoms with E-state index in [1.807, 2.05) is 6.92 Å². The van der Waals surface area contributed by atoms with Crippen LogP contribution < -0.4 is 0 Å². The molecule has 32 heavy (non-hydrogen) atoms. The van der Waals surface area contributed by atoms with Crippen molar-refractivity contribution < 1.29 is 19.6 Å². The van der Waals surface area contributed by atoms with Crippen LogP contribution >= 0.6 is 0 Å². The third-order valence-corrected chi connectivity index (χ3v) is 5.37. The van der Waals surface area contributed by atoms with Gasteiger partial charge in [-0.3, -0.25) is 24.7 Å². The first kappa shape index (κ1) is 20.9. The van der Waals surface area contributed by atoms with E-state index in [1.54, 1.807) is 54.9 Å². The number of amides is 1. The molecule has 3 aromatic rings. The minimum Gasteiger partial charge on any atom is -0.507 e. The Bertz CT molecular complexity index is 1240. The molecule has 0 aliphatic carbocycles. The number of aryl methyl sites for hydroxylation is 1. The number of rotatable bonds is 5. The number of Topliss-reactive ketones (excluding diaryl/α,β-unsaturated/α-hetero) is 1. The Hall–Kier alpha value is -4.33. The first-order valence-corrected chi connectivity index (χ1v) is 9.86. The lowest BCUT2D eigenvalue weighted by molar-refractivity contribution is -0.385. The molecule has 8 heteroatoms. The number of likely N-dealkylation sites (tertiary alicyclic amines) is 1. The number of nitro groups is 1. The lowest BCUT2D eigenvalue weighted by Crippen LogP contribution is -2.29. The molecule has 1 amide bonds. The van der Waals surface area contributed by atoms with Gasteiger partial charge in [0, 0.05) is 30.6 Å². The van der Waals surface area contributed by atoms with Crippen molar-refractivity contribution in [2.45, 2.75) is 19.5 Å². The largest absolute Gasteiger partial charge is 0.507 e. The number of hydrogen-bond donors (Lipinski definition) is 1. The zero-order valence-corrected chi connectivity index (χ0v) is 17.1. The van der Waals surface area contributed by atoms with Gasteiger partial charge in [-0.2, -0.15) is 0 Å². The summed E-state index contributed by atoms with van der Waals surface area (Å²) in [7, 11) is 0. The Labute approximate surface area is 183 Å². The molecular weight excluding hydrogens is 410 g/mol. The molecule has 2 aromatic carbocycles. The van der Waals surface area contributed by atoms with Gasteiger partial charge in [0.1, 0.15) is 5.76 Å². The molecule has 1 N–H and O–H groups in total. The van der Waals surface area contributed by atoms with Gasteiger partial charge in [-0.05, 0) is 24.6 Å². The minimum atomic E-state index is -1.13. The summed E-state index contributed by atoms with van der Waals surface area (Å²) in [5.41, 5.74) is 1.66. The van der Waals surface area contributed by atoms with E-state index in [1.165, 1.54) is 23.1 Å². The van der Waals surface area contributed by atoms with Gasteiger partial charge in [-0.1, -0.05) is 48.0 Å². The van der Waals surface area contributed by atoms with Crippen molar-refractivity contribution >= 4 is 23.1 Å². The molecule has 0 bridgehead atoms. The molecule has 1 fully saturated rings. The number of aromatic nitrogens is 1. The molecule has 160 valence electrons. The molecular formula is C24H19N3O5. The van der Waals surface area contributed by atoms with Crippen molar-refractivity contribution in [1.82, 2.24) is 9.88 Å². The maximum absolute atomic E-state index is 13.1. The zero-order valence-electron chi connectivity index (χ0n) is 17.1. The molecule has 0 spiro atoms. The highest BCUT2D eigenvalue weighted by Crippen LogP contribution is 2.43. The quantitative estimate of drug-likeness (QED) is 0.216. The second-order valence-corrected chi connectivity index (χ2v) is 7.47. The zero-order chi connectivity index (χ0) is 22.8. The van der Waals surface area contributed by atoms with Gasteiger partial charge >= 0.3 is 0 Å². The number of benzene rings is 2. The van der Waals surface area contributed by atoms with E-state index in [9.17, 15) is 24.8 Å². The highest BCUT2D eigenvalue weighted by Gasteiger charge is 2.48. The summed E-state index contributed by atoms with van der Waals surface area (Å²) in [6.07, 6.45) is 3.13. The van der Waals surface area contributed by atoms with Crippen molar-refractivity contribution in [1.29, 1.82) is 0 Å². The Morgan fingerprint density at radius 3 is 2.47 bits per heavy atom. The molecule has 0 saturated carbocycles. The first-order valence-electron chi connectivity index (χ1n) is 9.86. The third-order valence-electron chi connectivity index (χ3n) is 5.37. The highest BCUT2D eigenvalue weighted by atomic mass is 16.6. The van der Waals surface area contributed by atoms with Crippen molar-refractivity contribution in [2.24, 2.45) is 0 Å². The Balaban J connectivity index is 1.93. The normalized spacial score (nSPS) is 17.5. The smallest absolute Gasteiger partial charge is 0.295 e. The van der Waals surface area contributed by atoms with Gasteiger partial charge in [0.05, 0.1) is 22.1 Å². The van der Waals surface area contributed by atoms with Crippen LogP contribution in [-0.4, -0.2) is 31.6 Å². The standard InChI is InChI=1S/C24H19N3O5/c1-15-8-10-17(11-9-15)22(28)20-21(18-6-2-3-7-19(18)27(31)32)26(24(30)23(20)29)14-16-5-4-12-25-13-16/h2-13,21,28H,14H2,1H3/t21-/m0/s1. The molecule has 0 radical (unpaired) electrons. The van der Waals surface area contributed by atoms with E-state index in [4.69, 9.17) is 0 Å². The van der Waals surface area contributed by atoms with Crippen LogP contribution in [0.1, 0.15) is 28.3 Å². The summed E-state index contributed by atoms with van der Waals surface area (Å²) >= 11 is 0. The van der Waals surface area contributed by atoms with Gasteiger partial charge in [-0.25, -0.2) is 0 Å². The van der Waals surface area contributed by atoms with Crippen LogP contribution in [0.4, 0.5) is 5.69 Å². The predicted molar refractivity (Wildman–Crippen MR) is 116 cm³/mol. The van der Waals surface area contributed by atoms with E-state index in [2.05, 4.69) is 4.98 Å². The number of nitro benzene ring substituents is 1. The predicted octanol–water partition coefficient (Wildman–Crippen LogP) is 3.92. The van der Waals surface area contributed by atoms with E-state index in [0.29, 0.717) is 11.1 Å². The molecule has 1 aliphatic heterocycles. The monoisotopic (exact) mass is 429 g/mol. The number of hydrogen-bond acceptors (Lipinski definition) is 6. The van der Waals surface area contributed by atoms with Gasteiger partial charge in [0.2, 0.25) is 0 Å². The average Bonchev–Trinajstić information content (AvgIpc) is 3.04. The van der Waals surface area contributed by atoms with Crippen molar-refractivity contribution in [3.63, 3.8) is 0 Å². The fraction of sp³-hybridized carbons (Fsp3) is 0.125. The van der Waals surface area contributed by atoms with Gasteiger partial charge in [-0.15, -0.1) is 0 Å². The number of aliphatic hydroxyl groups is 1. The van der Waals surface area contributed by atoms with Crippen LogP contribution in [0.15, 0.2) is 78.6 Å². The molecule has 1 atom stereocenters. The molecule has 2 heterocycles. The summed E-state index contributed by atoms with van der Waals surface area (Å²) in [5, 5.41) is 22.8. The summed E-state index contributed by atoms with van der Waals surface area (Å²) in [5.74, 6) is -2.11. The van der Waals surface area contributed by atoms with Crippen LogP contribution in [-0.2, 0) is 16.1 Å². The number of carbonyl (C=O) groups is 2. The number of pyridine rings is 1. The first-order chi connectivity index (χ1) is 15.4. The summed E-state index contributed by atoms with van der Waals surface area (Å²) < 4.78 is 0. The molecule has 0 unspecified atom stereocenters. The molecule has 1 aromatic heterocycles. The maximum Gasteiger partial charge on any atom is 0.295 e. The third kappa shape index (κ3) is 3.74. The molecule has 1 saturated heterocycles. The number of para-hydroxylation sites is 1. The van der Waals surface area contributed by atoms with E-state index < -0.39 is 22.7 Å². The van der Waals surface area contributed by atoms with Crippen molar-refractivity contribution in [3.05, 3.63) is 111 Å². The van der Waals surface area contributed by atoms with E-state index >= 15 is 0 Å². The molecule has 1 aliphatic rings. The lowest BCUT2D eigenvalue weighted by atomic mass is 9.94. The number of nitrogens with zero attached hydrogens (tertiary/aromatic N) is 3. The minimum absolute atomic E-state index is 0.000192. The van der Waals surface area contributed by atoms with Gasteiger partial charge in [0.25, 0.3) is 17.4 Å². The van der Waals surface area contributed by atoms with Crippen LogP contribution in [0.25, 0.3) is 5.76 Å². The second kappa shape index (κ2) is 8.43. The number of aliphatic hydroxyl groups excluding tert-OH is 1. The van der Waals surface area contributed by atoms with E-state index in [-0.39, 0.29) is 29.1 Å². The summed E-state index contributed by atoms with van der Waals surface area (Å²) in [6.45, 7) is 1.88. The van der Waals surface area contributed by atoms with Crippen molar-refractivity contribution in [2.75, 3.05) is 0 Å². The van der Waals surface area contributed by atoms with Crippen LogP contribution in [0.2, 0.25) is 0 Å². The lowest BCUT2D eigenvalue weighted by Gasteiger charge is -2.25. The van der Waals surface area contributed by atoms with Crippen LogP contribution in [0, 0.1) is 17.0 Å². The Morgan fingerprint density at radius 2 is 1.81 bits per heavy atom. The highest BCUT2D eigenvalue weighted by molar-refractivity contribution is 6.46. The Kier molecular flexibility index (Phi) is 5.51. The maximum atomic E-state index is 13.1. The van der Waals surface area contributed by atoms with Gasteiger partial charge < -0.3 is 10.0 Å². The number of ketones is 1. The SMILES string of the molecule is Cc1ccc(C(O)=C2C(=O)C(=O)N(Cc3cccnc3)[C@H]2c2ccccc2[N+](=O)[O-])cc1. The Morgan fingerprint density at radius 1 is 1.09 bits per heavy atom. The summed E-state index contributed by atoms with van der Waals surface area (Å²) in [4.78, 5) is 42.5. The van der Waals surface area contributed by atoms with Crippen molar-refractivity contribution in [3.8, 4) is 0 Å². The molecule has 8 nitrogen and oxygen atoms in total. The van der Waals surface area contributed by atoms with Gasteiger partial charge in [0.15, 0.2) is 0 Å². The topological polar surface area (TPSA) is 114 Å².